The van der Waals surface area contributed by atoms with E-state index in [0.717, 1.165) is 34.6 Å². The Morgan fingerprint density at radius 3 is 2.85 bits per heavy atom. The molecule has 0 aliphatic carbocycles. The number of thiophene rings is 1. The number of ketones is 1. The van der Waals surface area contributed by atoms with Crippen molar-refractivity contribution in [1.82, 2.24) is 9.47 Å². The SMILES string of the molecule is Cc1c(C(=O)c2cccc(Cl)c2Cl)c2ccsc2n1CC1CCCCN1C. The van der Waals surface area contributed by atoms with Crippen molar-refractivity contribution < 1.29 is 4.79 Å². The van der Waals surface area contributed by atoms with E-state index in [1.165, 1.54) is 19.3 Å². The number of nitrogens with zero attached hydrogens (tertiary/aromatic N) is 2. The van der Waals surface area contributed by atoms with E-state index in [9.17, 15) is 4.79 Å². The van der Waals surface area contributed by atoms with Gasteiger partial charge in [-0.3, -0.25) is 4.79 Å². The lowest BCUT2D eigenvalue weighted by Gasteiger charge is -2.33. The summed E-state index contributed by atoms with van der Waals surface area (Å²) in [5, 5.41) is 3.80. The first-order valence-electron chi connectivity index (χ1n) is 9.24. The van der Waals surface area contributed by atoms with Gasteiger partial charge in [0.1, 0.15) is 4.83 Å². The molecular weight excluding hydrogens is 399 g/mol. The van der Waals surface area contributed by atoms with E-state index in [1.807, 2.05) is 13.0 Å². The summed E-state index contributed by atoms with van der Waals surface area (Å²) >= 11 is 14.2. The van der Waals surface area contributed by atoms with Gasteiger partial charge in [0.15, 0.2) is 5.78 Å². The van der Waals surface area contributed by atoms with Crippen LogP contribution < -0.4 is 0 Å². The second-order valence-electron chi connectivity index (χ2n) is 7.27. The Bertz CT molecular complexity index is 1010. The monoisotopic (exact) mass is 420 g/mol. The first-order chi connectivity index (χ1) is 13.0. The highest BCUT2D eigenvalue weighted by Gasteiger charge is 2.26. The highest BCUT2D eigenvalue weighted by atomic mass is 35.5. The van der Waals surface area contributed by atoms with Gasteiger partial charge in [-0.2, -0.15) is 0 Å². The van der Waals surface area contributed by atoms with Crippen LogP contribution in [0.15, 0.2) is 29.6 Å². The van der Waals surface area contributed by atoms with Crippen LogP contribution in [-0.4, -0.2) is 34.9 Å². The van der Waals surface area contributed by atoms with Gasteiger partial charge in [0.05, 0.1) is 15.6 Å². The summed E-state index contributed by atoms with van der Waals surface area (Å²) in [6.45, 7) is 4.10. The Morgan fingerprint density at radius 1 is 1.26 bits per heavy atom. The zero-order chi connectivity index (χ0) is 19.1. The van der Waals surface area contributed by atoms with E-state index in [2.05, 4.69) is 21.9 Å². The molecule has 1 aliphatic rings. The number of fused-ring (bicyclic) bond motifs is 1. The minimum atomic E-state index is -0.0563. The molecule has 1 aliphatic heterocycles. The molecule has 3 heterocycles. The number of benzene rings is 1. The largest absolute Gasteiger partial charge is 0.334 e. The van der Waals surface area contributed by atoms with Crippen molar-refractivity contribution in [1.29, 1.82) is 0 Å². The average Bonchev–Trinajstić information content (AvgIpc) is 3.21. The van der Waals surface area contributed by atoms with E-state index in [4.69, 9.17) is 23.2 Å². The highest BCUT2D eigenvalue weighted by molar-refractivity contribution is 7.16. The minimum Gasteiger partial charge on any atom is -0.334 e. The van der Waals surface area contributed by atoms with Gasteiger partial charge in [-0.25, -0.2) is 0 Å². The molecule has 1 atom stereocenters. The fraction of sp³-hybridized carbons (Fsp3) is 0.381. The van der Waals surface area contributed by atoms with Crippen LogP contribution in [-0.2, 0) is 6.54 Å². The minimum absolute atomic E-state index is 0.0563. The number of piperidine rings is 1. The molecule has 0 N–H and O–H groups in total. The Labute approximate surface area is 173 Å². The normalized spacial score (nSPS) is 18.3. The molecule has 3 nitrogen and oxygen atoms in total. The van der Waals surface area contributed by atoms with Crippen molar-refractivity contribution in [3.8, 4) is 0 Å². The van der Waals surface area contributed by atoms with Crippen LogP contribution in [0.3, 0.4) is 0 Å². The highest BCUT2D eigenvalue weighted by Crippen LogP contribution is 2.35. The molecule has 1 saturated heterocycles. The van der Waals surface area contributed by atoms with E-state index in [1.54, 1.807) is 29.5 Å². The lowest BCUT2D eigenvalue weighted by atomic mass is 10.0. The van der Waals surface area contributed by atoms with E-state index in [-0.39, 0.29) is 5.78 Å². The fourth-order valence-electron chi connectivity index (χ4n) is 4.09. The number of rotatable bonds is 4. The zero-order valence-electron chi connectivity index (χ0n) is 15.5. The summed E-state index contributed by atoms with van der Waals surface area (Å²) in [6.07, 6.45) is 3.74. The molecule has 2 aromatic heterocycles. The molecule has 0 radical (unpaired) electrons. The molecule has 0 amide bonds. The summed E-state index contributed by atoms with van der Waals surface area (Å²) in [5.41, 5.74) is 2.22. The number of carbonyl (C=O) groups is 1. The molecule has 27 heavy (non-hydrogen) atoms. The first kappa shape index (κ1) is 19.0. The summed E-state index contributed by atoms with van der Waals surface area (Å²) in [5.74, 6) is -0.0563. The van der Waals surface area contributed by atoms with Gasteiger partial charge in [-0.1, -0.05) is 35.7 Å². The van der Waals surface area contributed by atoms with E-state index < -0.39 is 0 Å². The molecular formula is C21H22Cl2N2OS. The molecule has 0 spiro atoms. The number of hydrogen-bond donors (Lipinski definition) is 0. The molecule has 1 fully saturated rings. The van der Waals surface area contributed by atoms with Gasteiger partial charge in [0.25, 0.3) is 0 Å². The molecule has 0 saturated carbocycles. The maximum absolute atomic E-state index is 13.4. The molecule has 6 heteroatoms. The van der Waals surface area contributed by atoms with E-state index in [0.29, 0.717) is 21.7 Å². The molecule has 0 bridgehead atoms. The number of hydrogen-bond acceptors (Lipinski definition) is 3. The van der Waals surface area contributed by atoms with E-state index >= 15 is 0 Å². The number of halogens is 2. The van der Waals surface area contributed by atoms with Crippen molar-refractivity contribution in [2.24, 2.45) is 0 Å². The van der Waals surface area contributed by atoms with Crippen LogP contribution in [0.2, 0.25) is 10.0 Å². The Balaban J connectivity index is 1.78. The third-order valence-corrected chi connectivity index (χ3v) is 7.42. The number of likely N-dealkylation sites (N-methyl/N-ethyl adjacent to an activating group) is 1. The number of likely N-dealkylation sites (tertiary alicyclic amines) is 1. The molecule has 3 aromatic rings. The smallest absolute Gasteiger partial charge is 0.197 e. The summed E-state index contributed by atoms with van der Waals surface area (Å²) < 4.78 is 2.32. The standard InChI is InChI=1S/C21H22Cl2N2OS/c1-13-18(20(26)16-7-5-8-17(22)19(16)23)15-9-11-27-21(15)25(13)12-14-6-3-4-10-24(14)2/h5,7-9,11,14H,3-4,6,10,12H2,1-2H3. The fourth-order valence-corrected chi connectivity index (χ4v) is 5.44. The van der Waals surface area contributed by atoms with Gasteiger partial charge in [-0.15, -0.1) is 11.3 Å². The summed E-state index contributed by atoms with van der Waals surface area (Å²) in [4.78, 5) is 17.0. The topological polar surface area (TPSA) is 25.2 Å². The zero-order valence-corrected chi connectivity index (χ0v) is 17.8. The Hall–Kier alpha value is -1.33. The van der Waals surface area contributed by atoms with Gasteiger partial charge in [0.2, 0.25) is 0 Å². The van der Waals surface area contributed by atoms with Crippen LogP contribution in [0.5, 0.6) is 0 Å². The predicted molar refractivity (Wildman–Crippen MR) is 115 cm³/mol. The lowest BCUT2D eigenvalue weighted by molar-refractivity contribution is 0.103. The molecule has 1 aromatic carbocycles. The second kappa shape index (κ2) is 7.59. The van der Waals surface area contributed by atoms with Crippen molar-refractivity contribution >= 4 is 50.5 Å². The van der Waals surface area contributed by atoms with Crippen LogP contribution in [0.4, 0.5) is 0 Å². The molecule has 1 unspecified atom stereocenters. The van der Waals surface area contributed by atoms with Crippen LogP contribution >= 0.6 is 34.5 Å². The van der Waals surface area contributed by atoms with Crippen molar-refractivity contribution in [2.45, 2.75) is 38.8 Å². The molecule has 142 valence electrons. The van der Waals surface area contributed by atoms with Crippen molar-refractivity contribution in [3.63, 3.8) is 0 Å². The van der Waals surface area contributed by atoms with Gasteiger partial charge in [0, 0.05) is 29.2 Å². The summed E-state index contributed by atoms with van der Waals surface area (Å²) in [7, 11) is 2.20. The van der Waals surface area contributed by atoms with Crippen molar-refractivity contribution in [3.05, 3.63) is 56.5 Å². The first-order valence-corrected chi connectivity index (χ1v) is 10.9. The quantitative estimate of drug-likeness (QED) is 0.481. The van der Waals surface area contributed by atoms with Gasteiger partial charge in [-0.05, 0) is 56.9 Å². The maximum Gasteiger partial charge on any atom is 0.197 e. The number of aromatic nitrogens is 1. The Morgan fingerprint density at radius 2 is 2.07 bits per heavy atom. The average molecular weight is 421 g/mol. The third kappa shape index (κ3) is 3.33. The van der Waals surface area contributed by atoms with Gasteiger partial charge < -0.3 is 9.47 Å². The molecule has 4 rings (SSSR count). The predicted octanol–water partition coefficient (Wildman–Crippen LogP) is 6.03. The number of carbonyl (C=O) groups excluding carboxylic acids is 1. The third-order valence-electron chi connectivity index (χ3n) is 5.66. The Kier molecular flexibility index (Phi) is 5.34. The van der Waals surface area contributed by atoms with Crippen LogP contribution in [0.25, 0.3) is 10.2 Å². The summed E-state index contributed by atoms with van der Waals surface area (Å²) in [6, 6.07) is 7.78. The van der Waals surface area contributed by atoms with Crippen LogP contribution in [0, 0.1) is 6.92 Å². The van der Waals surface area contributed by atoms with Crippen LogP contribution in [0.1, 0.15) is 40.9 Å². The lowest BCUT2D eigenvalue weighted by Crippen LogP contribution is -2.39. The van der Waals surface area contributed by atoms with Crippen molar-refractivity contribution in [2.75, 3.05) is 13.6 Å². The van der Waals surface area contributed by atoms with Gasteiger partial charge >= 0.3 is 0 Å². The second-order valence-corrected chi connectivity index (χ2v) is 8.95. The maximum atomic E-state index is 13.4.